The van der Waals surface area contributed by atoms with E-state index in [0.717, 1.165) is 10.5 Å². The van der Waals surface area contributed by atoms with Crippen molar-refractivity contribution < 1.29 is 4.74 Å². The number of nitrogens with zero attached hydrogens (tertiary/aromatic N) is 1. The molecule has 0 saturated carbocycles. The zero-order valence-corrected chi connectivity index (χ0v) is 11.6. The molecule has 0 unspecified atom stereocenters. The fourth-order valence-electron chi connectivity index (χ4n) is 1.69. The molecule has 0 spiro atoms. The van der Waals surface area contributed by atoms with Crippen LogP contribution >= 0.6 is 11.8 Å². The van der Waals surface area contributed by atoms with E-state index in [9.17, 15) is 0 Å². The molecule has 1 aromatic heterocycles. The third kappa shape index (κ3) is 3.06. The van der Waals surface area contributed by atoms with E-state index < -0.39 is 0 Å². The lowest BCUT2D eigenvalue weighted by Gasteiger charge is -2.11. The van der Waals surface area contributed by atoms with Crippen molar-refractivity contribution >= 4 is 17.6 Å². The van der Waals surface area contributed by atoms with Crippen molar-refractivity contribution in [2.24, 2.45) is 5.73 Å². The Labute approximate surface area is 116 Å². The van der Waals surface area contributed by atoms with Crippen LogP contribution in [0.3, 0.4) is 0 Å². The zero-order valence-electron chi connectivity index (χ0n) is 10.8. The summed E-state index contributed by atoms with van der Waals surface area (Å²) < 4.78 is 5.71. The topological polar surface area (TPSA) is 72.0 Å². The summed E-state index contributed by atoms with van der Waals surface area (Å²) in [5.41, 5.74) is 6.99. The summed E-state index contributed by atoms with van der Waals surface area (Å²) in [6.45, 7) is 1.88. The van der Waals surface area contributed by atoms with Gasteiger partial charge in [0.25, 0.3) is 0 Å². The molecule has 98 valence electrons. The maximum Gasteiger partial charge on any atom is 0.230 e. The molecule has 0 amide bonds. The molecule has 2 aromatic rings. The number of rotatable bonds is 4. The van der Waals surface area contributed by atoms with Gasteiger partial charge in [0.2, 0.25) is 5.88 Å². The highest BCUT2D eigenvalue weighted by molar-refractivity contribution is 7.98. The molecule has 0 radical (unpaired) electrons. The Kier molecular flexibility index (Phi) is 4.06. The first kappa shape index (κ1) is 13.4. The molecular weight excluding hydrogens is 258 g/mol. The standard InChI is InChI=1S/C14H15N3OS/c1-9-7-8-17-14(12(9)13(15)16)18-10-3-5-11(19-2)6-4-10/h3-8H,1-2H3,(H3,15,16). The van der Waals surface area contributed by atoms with Crippen molar-refractivity contribution in [1.29, 1.82) is 5.41 Å². The smallest absolute Gasteiger partial charge is 0.230 e. The van der Waals surface area contributed by atoms with Gasteiger partial charge in [-0.15, -0.1) is 11.8 Å². The molecule has 1 heterocycles. The minimum Gasteiger partial charge on any atom is -0.438 e. The van der Waals surface area contributed by atoms with Crippen LogP contribution < -0.4 is 10.5 Å². The van der Waals surface area contributed by atoms with Crippen LogP contribution in [-0.2, 0) is 0 Å². The van der Waals surface area contributed by atoms with E-state index >= 15 is 0 Å². The third-order valence-corrected chi connectivity index (χ3v) is 3.41. The maximum absolute atomic E-state index is 7.60. The second-order valence-corrected chi connectivity index (χ2v) is 4.88. The van der Waals surface area contributed by atoms with Gasteiger partial charge in [0, 0.05) is 11.1 Å². The van der Waals surface area contributed by atoms with E-state index in [4.69, 9.17) is 15.9 Å². The number of amidine groups is 1. The largest absolute Gasteiger partial charge is 0.438 e. The molecule has 3 N–H and O–H groups in total. The van der Waals surface area contributed by atoms with Gasteiger partial charge in [0.15, 0.2) is 0 Å². The number of hydrogen-bond donors (Lipinski definition) is 2. The first-order valence-electron chi connectivity index (χ1n) is 5.73. The van der Waals surface area contributed by atoms with Crippen LogP contribution in [0, 0.1) is 12.3 Å². The van der Waals surface area contributed by atoms with E-state index in [1.807, 2.05) is 37.4 Å². The number of thioether (sulfide) groups is 1. The first-order valence-corrected chi connectivity index (χ1v) is 6.96. The second kappa shape index (κ2) is 5.75. The molecule has 0 aliphatic heterocycles. The molecular formula is C14H15N3OS. The van der Waals surface area contributed by atoms with Crippen LogP contribution in [0.5, 0.6) is 11.6 Å². The van der Waals surface area contributed by atoms with Crippen LogP contribution in [0.2, 0.25) is 0 Å². The summed E-state index contributed by atoms with van der Waals surface area (Å²) in [6.07, 6.45) is 3.67. The molecule has 0 atom stereocenters. The quantitative estimate of drug-likeness (QED) is 0.510. The molecule has 0 aliphatic carbocycles. The Balaban J connectivity index is 2.32. The summed E-state index contributed by atoms with van der Waals surface area (Å²) in [4.78, 5) is 5.31. The summed E-state index contributed by atoms with van der Waals surface area (Å²) in [5, 5.41) is 7.60. The predicted molar refractivity (Wildman–Crippen MR) is 78.3 cm³/mol. The van der Waals surface area contributed by atoms with E-state index in [1.165, 1.54) is 0 Å². The number of pyridine rings is 1. The number of nitrogens with two attached hydrogens (primary N) is 1. The summed E-state index contributed by atoms with van der Waals surface area (Å²) in [6, 6.07) is 9.51. The maximum atomic E-state index is 7.60. The van der Waals surface area contributed by atoms with Gasteiger partial charge in [-0.1, -0.05) is 0 Å². The predicted octanol–water partition coefficient (Wildman–Crippen LogP) is 3.19. The van der Waals surface area contributed by atoms with Gasteiger partial charge in [0.1, 0.15) is 11.6 Å². The fraction of sp³-hybridized carbons (Fsp3) is 0.143. The highest BCUT2D eigenvalue weighted by atomic mass is 32.2. The highest BCUT2D eigenvalue weighted by Crippen LogP contribution is 2.26. The number of benzene rings is 1. The number of hydrogen-bond acceptors (Lipinski definition) is 4. The van der Waals surface area contributed by atoms with Gasteiger partial charge >= 0.3 is 0 Å². The summed E-state index contributed by atoms with van der Waals surface area (Å²) in [7, 11) is 0. The number of nitrogen functional groups attached to an aromatic ring is 1. The Hall–Kier alpha value is -2.01. The Morgan fingerprint density at radius 2 is 1.95 bits per heavy atom. The molecule has 0 bridgehead atoms. The third-order valence-electron chi connectivity index (χ3n) is 2.67. The monoisotopic (exact) mass is 273 g/mol. The van der Waals surface area contributed by atoms with Crippen LogP contribution in [0.15, 0.2) is 41.4 Å². The molecule has 0 fully saturated rings. The van der Waals surface area contributed by atoms with Crippen LogP contribution in [-0.4, -0.2) is 17.1 Å². The van der Waals surface area contributed by atoms with Crippen LogP contribution in [0.1, 0.15) is 11.1 Å². The van der Waals surface area contributed by atoms with Gasteiger partial charge in [-0.25, -0.2) is 4.98 Å². The van der Waals surface area contributed by atoms with E-state index in [2.05, 4.69) is 4.98 Å². The van der Waals surface area contributed by atoms with Gasteiger partial charge in [-0.3, -0.25) is 5.41 Å². The SMILES string of the molecule is CSc1ccc(Oc2nccc(C)c2C(=N)N)cc1. The van der Waals surface area contributed by atoms with Crippen molar-refractivity contribution in [3.63, 3.8) is 0 Å². The first-order chi connectivity index (χ1) is 9.11. The average Bonchev–Trinajstić information content (AvgIpc) is 2.39. The van der Waals surface area contributed by atoms with E-state index in [0.29, 0.717) is 17.2 Å². The van der Waals surface area contributed by atoms with Crippen molar-refractivity contribution in [1.82, 2.24) is 4.98 Å². The molecule has 1 aromatic carbocycles. The minimum atomic E-state index is -0.0404. The summed E-state index contributed by atoms with van der Waals surface area (Å²) in [5.74, 6) is 1.00. The van der Waals surface area contributed by atoms with Crippen molar-refractivity contribution in [2.75, 3.05) is 6.26 Å². The highest BCUT2D eigenvalue weighted by Gasteiger charge is 2.12. The van der Waals surface area contributed by atoms with Gasteiger partial charge in [-0.2, -0.15) is 0 Å². The molecule has 2 rings (SSSR count). The van der Waals surface area contributed by atoms with Crippen molar-refractivity contribution in [3.05, 3.63) is 47.7 Å². The lowest BCUT2D eigenvalue weighted by Crippen LogP contribution is -2.14. The molecule has 0 aliphatic rings. The van der Waals surface area contributed by atoms with E-state index in [-0.39, 0.29) is 5.84 Å². The zero-order chi connectivity index (χ0) is 13.8. The number of aryl methyl sites for hydroxylation is 1. The van der Waals surface area contributed by atoms with Gasteiger partial charge in [0.05, 0.1) is 5.56 Å². The van der Waals surface area contributed by atoms with Gasteiger partial charge < -0.3 is 10.5 Å². The number of aromatic nitrogens is 1. The lowest BCUT2D eigenvalue weighted by atomic mass is 10.1. The Morgan fingerprint density at radius 1 is 1.26 bits per heavy atom. The molecule has 19 heavy (non-hydrogen) atoms. The van der Waals surface area contributed by atoms with Crippen molar-refractivity contribution in [3.8, 4) is 11.6 Å². The minimum absolute atomic E-state index is 0.0404. The summed E-state index contributed by atoms with van der Waals surface area (Å²) >= 11 is 1.67. The Bertz CT molecular complexity index is 596. The van der Waals surface area contributed by atoms with E-state index in [1.54, 1.807) is 24.0 Å². The number of nitrogens with one attached hydrogen (secondary N) is 1. The van der Waals surface area contributed by atoms with Crippen LogP contribution in [0.25, 0.3) is 0 Å². The number of ether oxygens (including phenoxy) is 1. The molecule has 0 saturated heterocycles. The van der Waals surface area contributed by atoms with Crippen LogP contribution in [0.4, 0.5) is 0 Å². The Morgan fingerprint density at radius 3 is 2.53 bits per heavy atom. The normalized spacial score (nSPS) is 10.2. The molecule has 5 heteroatoms. The lowest BCUT2D eigenvalue weighted by molar-refractivity contribution is 0.461. The fourth-order valence-corrected chi connectivity index (χ4v) is 2.10. The van der Waals surface area contributed by atoms with Gasteiger partial charge in [-0.05, 0) is 49.1 Å². The second-order valence-electron chi connectivity index (χ2n) is 4.00. The average molecular weight is 273 g/mol. The van der Waals surface area contributed by atoms with Crippen molar-refractivity contribution in [2.45, 2.75) is 11.8 Å². The molecule has 4 nitrogen and oxygen atoms in total.